The van der Waals surface area contributed by atoms with E-state index in [4.69, 9.17) is 0 Å². The monoisotopic (exact) mass is 230 g/mol. The second-order valence-corrected chi connectivity index (χ2v) is 4.70. The summed E-state index contributed by atoms with van der Waals surface area (Å²) < 4.78 is 0. The summed E-state index contributed by atoms with van der Waals surface area (Å²) in [6, 6.07) is 7.71. The lowest BCUT2D eigenvalue weighted by atomic mass is 9.87. The van der Waals surface area contributed by atoms with E-state index >= 15 is 0 Å². The van der Waals surface area contributed by atoms with Crippen molar-refractivity contribution in [2.45, 2.75) is 18.5 Å². The Kier molecular flexibility index (Phi) is 2.26. The van der Waals surface area contributed by atoms with Gasteiger partial charge in [0.1, 0.15) is 0 Å². The molecule has 0 N–H and O–H groups in total. The van der Waals surface area contributed by atoms with Crippen LogP contribution in [0.25, 0.3) is 0 Å². The number of anilines is 1. The molecule has 4 rings (SSSR count). The van der Waals surface area contributed by atoms with Gasteiger partial charge < -0.3 is 4.90 Å². The summed E-state index contributed by atoms with van der Waals surface area (Å²) in [4.78, 5) is 27.1. The second-order valence-electron chi connectivity index (χ2n) is 4.70. The standard InChI is InChI=1S/C13H14N2O2/c1-14-10-6-12(14)13(17)15(7-10)11-5-3-2-4-9(11)8-16/h2-5,8,10,12H,6-7H2,1H3. The maximum absolute atomic E-state index is 12.2. The number of likely N-dealkylation sites (N-methyl/N-ethyl adjacent to an activating group) is 1. The number of piperazine rings is 1. The average Bonchev–Trinajstić information content (AvgIpc) is 2.37. The van der Waals surface area contributed by atoms with Crippen LogP contribution in [0.3, 0.4) is 0 Å². The molecule has 0 aliphatic carbocycles. The molecule has 2 bridgehead atoms. The maximum atomic E-state index is 12.2. The van der Waals surface area contributed by atoms with Gasteiger partial charge >= 0.3 is 0 Å². The molecule has 4 nitrogen and oxygen atoms in total. The van der Waals surface area contributed by atoms with Gasteiger partial charge in [0.05, 0.1) is 11.7 Å². The van der Waals surface area contributed by atoms with Crippen LogP contribution in [0.15, 0.2) is 24.3 Å². The van der Waals surface area contributed by atoms with E-state index in [2.05, 4.69) is 4.90 Å². The molecule has 3 aliphatic rings. The SMILES string of the molecule is CN1C2CC1C(=O)N(c1ccccc1C=O)C2. The fourth-order valence-corrected chi connectivity index (χ4v) is 2.72. The number of piperidine rings is 1. The predicted octanol–water partition coefficient (Wildman–Crippen LogP) is 0.918. The lowest BCUT2D eigenvalue weighted by molar-refractivity contribution is -0.135. The van der Waals surface area contributed by atoms with Crippen molar-refractivity contribution in [2.24, 2.45) is 0 Å². The number of fused-ring (bicyclic) bond motifs is 2. The maximum Gasteiger partial charge on any atom is 0.244 e. The van der Waals surface area contributed by atoms with Crippen molar-refractivity contribution in [3.05, 3.63) is 29.8 Å². The summed E-state index contributed by atoms with van der Waals surface area (Å²) in [7, 11) is 1.99. The summed E-state index contributed by atoms with van der Waals surface area (Å²) in [5, 5.41) is 0. The molecule has 3 heterocycles. The van der Waals surface area contributed by atoms with Crippen LogP contribution < -0.4 is 4.90 Å². The average molecular weight is 230 g/mol. The predicted molar refractivity (Wildman–Crippen MR) is 64.1 cm³/mol. The molecule has 0 saturated carbocycles. The molecule has 1 aromatic carbocycles. The van der Waals surface area contributed by atoms with Gasteiger partial charge in [-0.3, -0.25) is 14.5 Å². The molecule has 3 saturated heterocycles. The van der Waals surface area contributed by atoms with Gasteiger partial charge in [-0.2, -0.15) is 0 Å². The molecule has 88 valence electrons. The van der Waals surface area contributed by atoms with Crippen LogP contribution in [-0.4, -0.2) is 42.8 Å². The lowest BCUT2D eigenvalue weighted by Crippen LogP contribution is -2.70. The van der Waals surface area contributed by atoms with Gasteiger partial charge in [0.15, 0.2) is 6.29 Å². The number of nitrogens with zero attached hydrogens (tertiary/aromatic N) is 2. The van der Waals surface area contributed by atoms with Crippen molar-refractivity contribution >= 4 is 17.9 Å². The number of benzene rings is 1. The van der Waals surface area contributed by atoms with Crippen molar-refractivity contribution in [3.63, 3.8) is 0 Å². The molecule has 3 aliphatic heterocycles. The highest BCUT2D eigenvalue weighted by molar-refractivity contribution is 6.02. The zero-order valence-corrected chi connectivity index (χ0v) is 9.67. The number of carbonyl (C=O) groups excluding carboxylic acids is 2. The molecule has 4 heteroatoms. The number of aldehydes is 1. The van der Waals surface area contributed by atoms with E-state index in [1.54, 1.807) is 11.0 Å². The Morgan fingerprint density at radius 1 is 1.35 bits per heavy atom. The van der Waals surface area contributed by atoms with E-state index in [1.807, 2.05) is 25.2 Å². The number of para-hydroxylation sites is 1. The van der Waals surface area contributed by atoms with E-state index in [0.29, 0.717) is 18.2 Å². The Balaban J connectivity index is 1.95. The minimum Gasteiger partial charge on any atom is -0.309 e. The molecule has 1 amide bonds. The Bertz CT molecular complexity index is 486. The van der Waals surface area contributed by atoms with Crippen LogP contribution in [-0.2, 0) is 4.79 Å². The Morgan fingerprint density at radius 3 is 2.76 bits per heavy atom. The second kappa shape index (κ2) is 3.67. The highest BCUT2D eigenvalue weighted by atomic mass is 16.2. The normalized spacial score (nSPS) is 27.8. The van der Waals surface area contributed by atoms with E-state index in [1.165, 1.54) is 0 Å². The van der Waals surface area contributed by atoms with Crippen LogP contribution in [0.4, 0.5) is 5.69 Å². The fourth-order valence-electron chi connectivity index (χ4n) is 2.72. The Labute approximate surface area is 99.8 Å². The molecule has 0 spiro atoms. The van der Waals surface area contributed by atoms with Gasteiger partial charge in [0.2, 0.25) is 5.91 Å². The van der Waals surface area contributed by atoms with Crippen molar-refractivity contribution in [2.75, 3.05) is 18.5 Å². The number of amides is 1. The summed E-state index contributed by atoms with van der Waals surface area (Å²) in [5.74, 6) is 0.115. The fraction of sp³-hybridized carbons (Fsp3) is 0.385. The summed E-state index contributed by atoms with van der Waals surface area (Å²) >= 11 is 0. The molecule has 0 radical (unpaired) electrons. The summed E-state index contributed by atoms with van der Waals surface area (Å²) in [6.07, 6.45) is 1.77. The Morgan fingerprint density at radius 2 is 2.12 bits per heavy atom. The Hall–Kier alpha value is -1.68. The number of hydrogen-bond donors (Lipinski definition) is 0. The summed E-state index contributed by atoms with van der Waals surface area (Å²) in [5.41, 5.74) is 1.33. The lowest BCUT2D eigenvalue weighted by Gasteiger charge is -2.53. The minimum absolute atomic E-state index is 0.00783. The molecule has 1 aromatic rings. The zero-order chi connectivity index (χ0) is 12.0. The molecule has 3 fully saturated rings. The van der Waals surface area contributed by atoms with Gasteiger partial charge in [-0.15, -0.1) is 0 Å². The van der Waals surface area contributed by atoms with E-state index in [-0.39, 0.29) is 11.9 Å². The van der Waals surface area contributed by atoms with E-state index in [9.17, 15) is 9.59 Å². The first-order valence-corrected chi connectivity index (χ1v) is 5.80. The largest absolute Gasteiger partial charge is 0.309 e. The third-order valence-corrected chi connectivity index (χ3v) is 3.86. The first-order chi connectivity index (χ1) is 8.22. The van der Waals surface area contributed by atoms with Crippen molar-refractivity contribution in [3.8, 4) is 0 Å². The van der Waals surface area contributed by atoms with Crippen LogP contribution >= 0.6 is 0 Å². The topological polar surface area (TPSA) is 40.6 Å². The van der Waals surface area contributed by atoms with Crippen molar-refractivity contribution < 1.29 is 9.59 Å². The van der Waals surface area contributed by atoms with Crippen LogP contribution in [0.1, 0.15) is 16.8 Å². The highest BCUT2D eigenvalue weighted by Crippen LogP contribution is 2.34. The first-order valence-electron chi connectivity index (χ1n) is 5.80. The molecular formula is C13H14N2O2. The van der Waals surface area contributed by atoms with Gasteiger partial charge in [0, 0.05) is 18.2 Å². The quantitative estimate of drug-likeness (QED) is 0.709. The van der Waals surface area contributed by atoms with E-state index in [0.717, 1.165) is 18.4 Å². The van der Waals surface area contributed by atoms with Crippen LogP contribution in [0.2, 0.25) is 0 Å². The molecule has 2 atom stereocenters. The highest BCUT2D eigenvalue weighted by Gasteiger charge is 2.48. The molecular weight excluding hydrogens is 216 g/mol. The van der Waals surface area contributed by atoms with Gasteiger partial charge in [0.25, 0.3) is 0 Å². The van der Waals surface area contributed by atoms with Crippen molar-refractivity contribution in [1.82, 2.24) is 4.90 Å². The third kappa shape index (κ3) is 1.41. The minimum atomic E-state index is 0.00783. The van der Waals surface area contributed by atoms with Gasteiger partial charge in [-0.05, 0) is 25.6 Å². The van der Waals surface area contributed by atoms with Gasteiger partial charge in [-0.1, -0.05) is 12.1 Å². The summed E-state index contributed by atoms with van der Waals surface area (Å²) in [6.45, 7) is 0.691. The first kappa shape index (κ1) is 10.5. The number of rotatable bonds is 2. The number of hydrogen-bond acceptors (Lipinski definition) is 3. The van der Waals surface area contributed by atoms with Crippen molar-refractivity contribution in [1.29, 1.82) is 0 Å². The third-order valence-electron chi connectivity index (χ3n) is 3.86. The number of carbonyl (C=O) groups is 2. The molecule has 2 unspecified atom stereocenters. The van der Waals surface area contributed by atoms with Crippen LogP contribution in [0, 0.1) is 0 Å². The zero-order valence-electron chi connectivity index (χ0n) is 9.67. The molecule has 17 heavy (non-hydrogen) atoms. The smallest absolute Gasteiger partial charge is 0.244 e. The molecule has 0 aromatic heterocycles. The van der Waals surface area contributed by atoms with E-state index < -0.39 is 0 Å². The van der Waals surface area contributed by atoms with Gasteiger partial charge in [-0.25, -0.2) is 0 Å². The van der Waals surface area contributed by atoms with Crippen LogP contribution in [0.5, 0.6) is 0 Å².